The third-order valence-corrected chi connectivity index (χ3v) is 9.24. The second kappa shape index (κ2) is 11.0. The summed E-state index contributed by atoms with van der Waals surface area (Å²) in [6.45, 7) is 11.2. The molecule has 8 nitrogen and oxygen atoms in total. The maximum absolute atomic E-state index is 14.1. The molecule has 0 aromatic heterocycles. The van der Waals surface area contributed by atoms with Gasteiger partial charge in [-0.05, 0) is 63.1 Å². The van der Waals surface area contributed by atoms with Gasteiger partial charge in [0, 0.05) is 24.9 Å². The molecule has 0 unspecified atom stereocenters. The molecule has 1 aromatic rings. The van der Waals surface area contributed by atoms with Crippen LogP contribution in [-0.2, 0) is 23.9 Å². The Morgan fingerprint density at radius 2 is 2.00 bits per heavy atom. The second-order valence-electron chi connectivity index (χ2n) is 12.2. The summed E-state index contributed by atoms with van der Waals surface area (Å²) in [4.78, 5) is 43.3. The minimum absolute atomic E-state index is 0.0564. The number of nitrogens with zero attached hydrogens (tertiary/aromatic N) is 1. The number of amides is 3. The molecule has 3 fully saturated rings. The van der Waals surface area contributed by atoms with Gasteiger partial charge in [0.05, 0.1) is 24.0 Å². The van der Waals surface area contributed by atoms with E-state index >= 15 is 0 Å². The predicted octanol–water partition coefficient (Wildman–Crippen LogP) is 3.84. The van der Waals surface area contributed by atoms with E-state index in [1.807, 2.05) is 57.2 Å². The highest BCUT2D eigenvalue weighted by molar-refractivity contribution is 6.02. The zero-order valence-electron chi connectivity index (χ0n) is 23.8. The first-order valence-electron chi connectivity index (χ1n) is 14.6. The van der Waals surface area contributed by atoms with Gasteiger partial charge in [-0.3, -0.25) is 14.4 Å². The van der Waals surface area contributed by atoms with Crippen molar-refractivity contribution in [2.24, 2.45) is 23.7 Å². The van der Waals surface area contributed by atoms with Crippen LogP contribution in [0, 0.1) is 30.6 Å². The summed E-state index contributed by atoms with van der Waals surface area (Å²) < 4.78 is 12.2. The van der Waals surface area contributed by atoms with Crippen LogP contribution in [0.2, 0.25) is 0 Å². The van der Waals surface area contributed by atoms with Crippen molar-refractivity contribution in [3.05, 3.63) is 42.0 Å². The number of benzene rings is 1. The van der Waals surface area contributed by atoms with Gasteiger partial charge in [-0.15, -0.1) is 0 Å². The molecule has 39 heavy (non-hydrogen) atoms. The van der Waals surface area contributed by atoms with Gasteiger partial charge in [0.2, 0.25) is 17.7 Å². The van der Waals surface area contributed by atoms with Gasteiger partial charge in [-0.2, -0.15) is 0 Å². The predicted molar refractivity (Wildman–Crippen MR) is 149 cm³/mol. The van der Waals surface area contributed by atoms with E-state index in [0.29, 0.717) is 37.1 Å². The Bertz CT molecular complexity index is 1130. The van der Waals surface area contributed by atoms with Gasteiger partial charge in [0.15, 0.2) is 0 Å². The van der Waals surface area contributed by atoms with E-state index in [1.54, 1.807) is 4.90 Å². The number of fused-ring (bicyclic) bond motifs is 1. The Morgan fingerprint density at radius 3 is 2.74 bits per heavy atom. The summed E-state index contributed by atoms with van der Waals surface area (Å²) in [7, 11) is 0. The van der Waals surface area contributed by atoms with Crippen molar-refractivity contribution in [3.63, 3.8) is 0 Å². The summed E-state index contributed by atoms with van der Waals surface area (Å²) in [5.41, 5.74) is 0.565. The number of carbonyl (C=O) groups excluding carboxylic acids is 3. The zero-order valence-corrected chi connectivity index (χ0v) is 23.8. The van der Waals surface area contributed by atoms with Crippen LogP contribution in [0.4, 0.5) is 5.69 Å². The standard InChI is InChI=1S/C31H43N3O5/c1-18(2)38-16-8-15-34-27(29(36)33-23-12-7-10-20(4)21(23)5)31-14-13-24(39-31)25(26(31)30(34)37)28(35)32-22-11-6-9-19(3)17-22/h6,9,11,13-14,17-18,20-21,23-27H,7-8,10,12,15-16H2,1-5H3,(H,32,35)(H,33,36)/t20-,21+,23-,24-,25+,26-,27-,31-/m1/s1. The summed E-state index contributed by atoms with van der Waals surface area (Å²) in [5, 5.41) is 6.30. The van der Waals surface area contributed by atoms with Crippen LogP contribution in [0.1, 0.15) is 58.9 Å². The Kier molecular flexibility index (Phi) is 7.89. The molecule has 3 aliphatic heterocycles. The quantitative estimate of drug-likeness (QED) is 0.369. The first-order valence-corrected chi connectivity index (χ1v) is 14.6. The zero-order chi connectivity index (χ0) is 27.9. The maximum atomic E-state index is 14.1. The molecule has 2 saturated heterocycles. The number of ether oxygens (including phenoxy) is 2. The van der Waals surface area contributed by atoms with Gasteiger partial charge in [-0.1, -0.05) is 51.0 Å². The number of hydrogen-bond acceptors (Lipinski definition) is 5. The lowest BCUT2D eigenvalue weighted by atomic mass is 9.73. The molecule has 3 amide bonds. The lowest BCUT2D eigenvalue weighted by Gasteiger charge is -2.38. The highest BCUT2D eigenvalue weighted by Crippen LogP contribution is 2.55. The van der Waals surface area contributed by atoms with Crippen LogP contribution in [0.3, 0.4) is 0 Å². The normalized spacial score (nSPS) is 35.0. The smallest absolute Gasteiger partial charge is 0.246 e. The average molecular weight is 538 g/mol. The monoisotopic (exact) mass is 537 g/mol. The minimum atomic E-state index is -1.15. The molecular weight excluding hydrogens is 494 g/mol. The van der Waals surface area contributed by atoms with Crippen LogP contribution in [0.25, 0.3) is 0 Å². The summed E-state index contributed by atoms with van der Waals surface area (Å²) in [6, 6.07) is 6.82. The number of hydrogen-bond donors (Lipinski definition) is 2. The summed E-state index contributed by atoms with van der Waals surface area (Å²) in [5.74, 6) is -1.21. The van der Waals surface area contributed by atoms with Crippen molar-refractivity contribution < 1.29 is 23.9 Å². The summed E-state index contributed by atoms with van der Waals surface area (Å²) >= 11 is 0. The summed E-state index contributed by atoms with van der Waals surface area (Å²) in [6.07, 6.45) is 7.04. The Hall–Kier alpha value is -2.71. The van der Waals surface area contributed by atoms with Gasteiger partial charge in [-0.25, -0.2) is 0 Å². The molecule has 4 aliphatic rings. The Morgan fingerprint density at radius 1 is 1.21 bits per heavy atom. The SMILES string of the molecule is Cc1cccc(NC(=O)[C@H]2[C@H]3C=C[C@@]4(O3)[C@H]2C(=O)N(CCCOC(C)C)[C@@H]4C(=O)N[C@@H]2CCC[C@@H](C)[C@@H]2C)c1. The van der Waals surface area contributed by atoms with Gasteiger partial charge < -0.3 is 25.0 Å². The van der Waals surface area contributed by atoms with Crippen molar-refractivity contribution in [2.45, 2.75) is 90.2 Å². The number of anilines is 1. The first-order chi connectivity index (χ1) is 18.6. The molecule has 0 radical (unpaired) electrons. The van der Waals surface area contributed by atoms with Crippen LogP contribution in [-0.4, -0.2) is 65.7 Å². The van der Waals surface area contributed by atoms with Crippen molar-refractivity contribution in [1.29, 1.82) is 0 Å². The van der Waals surface area contributed by atoms with Gasteiger partial charge in [0.25, 0.3) is 0 Å². The van der Waals surface area contributed by atoms with Gasteiger partial charge >= 0.3 is 0 Å². The molecule has 3 heterocycles. The van der Waals surface area contributed by atoms with Crippen molar-refractivity contribution in [3.8, 4) is 0 Å². The van der Waals surface area contributed by atoms with E-state index in [1.165, 1.54) is 0 Å². The minimum Gasteiger partial charge on any atom is -0.379 e. The number of rotatable bonds is 9. The Labute approximate surface area is 231 Å². The molecule has 2 bridgehead atoms. The molecule has 1 aliphatic carbocycles. The number of aryl methyl sites for hydroxylation is 1. The fraction of sp³-hybridized carbons (Fsp3) is 0.645. The highest BCUT2D eigenvalue weighted by Gasteiger charge is 2.72. The lowest BCUT2D eigenvalue weighted by molar-refractivity contribution is -0.142. The second-order valence-corrected chi connectivity index (χ2v) is 12.2. The third kappa shape index (κ3) is 5.13. The topological polar surface area (TPSA) is 97.0 Å². The third-order valence-electron chi connectivity index (χ3n) is 9.24. The maximum Gasteiger partial charge on any atom is 0.246 e. The number of carbonyl (C=O) groups is 3. The van der Waals surface area contributed by atoms with E-state index in [0.717, 1.165) is 24.8 Å². The number of nitrogens with one attached hydrogen (secondary N) is 2. The van der Waals surface area contributed by atoms with Crippen LogP contribution >= 0.6 is 0 Å². The van der Waals surface area contributed by atoms with Crippen LogP contribution in [0.5, 0.6) is 0 Å². The molecule has 8 atom stereocenters. The fourth-order valence-corrected chi connectivity index (χ4v) is 7.06. The molecule has 5 rings (SSSR count). The van der Waals surface area contributed by atoms with E-state index in [-0.39, 0.29) is 29.9 Å². The first kappa shape index (κ1) is 27.8. The lowest BCUT2D eigenvalue weighted by Crippen LogP contribution is -2.58. The van der Waals surface area contributed by atoms with Crippen LogP contribution in [0.15, 0.2) is 36.4 Å². The highest BCUT2D eigenvalue weighted by atomic mass is 16.5. The van der Waals surface area contributed by atoms with E-state index in [9.17, 15) is 14.4 Å². The number of likely N-dealkylation sites (tertiary alicyclic amines) is 1. The Balaban J connectivity index is 1.41. The molecule has 1 spiro atoms. The van der Waals surface area contributed by atoms with E-state index in [4.69, 9.17) is 9.47 Å². The fourth-order valence-electron chi connectivity index (χ4n) is 7.06. The molecule has 1 saturated carbocycles. The van der Waals surface area contributed by atoms with E-state index in [2.05, 4.69) is 24.5 Å². The molecule has 2 N–H and O–H groups in total. The van der Waals surface area contributed by atoms with Crippen molar-refractivity contribution in [1.82, 2.24) is 10.2 Å². The molecule has 1 aromatic carbocycles. The molecule has 8 heteroatoms. The molecular formula is C31H43N3O5. The van der Waals surface area contributed by atoms with Crippen LogP contribution < -0.4 is 10.6 Å². The van der Waals surface area contributed by atoms with E-state index < -0.39 is 29.6 Å². The average Bonchev–Trinajstić information content (AvgIpc) is 3.52. The van der Waals surface area contributed by atoms with Crippen molar-refractivity contribution >= 4 is 23.4 Å². The molecule has 212 valence electrons. The largest absolute Gasteiger partial charge is 0.379 e. The van der Waals surface area contributed by atoms with Crippen molar-refractivity contribution in [2.75, 3.05) is 18.5 Å². The van der Waals surface area contributed by atoms with Gasteiger partial charge in [0.1, 0.15) is 11.6 Å².